The summed E-state index contributed by atoms with van der Waals surface area (Å²) >= 11 is 0. The van der Waals surface area contributed by atoms with Crippen LogP contribution in [0.5, 0.6) is 0 Å². The second kappa shape index (κ2) is 8.21. The molecular weight excluding hydrogens is 352 g/mol. The molecule has 1 unspecified atom stereocenters. The normalized spacial score (nSPS) is 11.9. The van der Waals surface area contributed by atoms with Crippen LogP contribution in [0, 0.1) is 20.8 Å². The molecule has 1 N–H and O–H groups in total. The zero-order chi connectivity index (χ0) is 20.3. The van der Waals surface area contributed by atoms with E-state index in [2.05, 4.69) is 10.3 Å². The number of hydrogen-bond acceptors (Lipinski definition) is 4. The standard InChI is InChI=1S/C23H24N2O3/c1-14-5-8-17(9-6-14)21(13-22(26)28-4)25-23(27)19-12-18-11-15(2)7-10-20(18)24-16(19)3/h5-12,21H,13H2,1-4H3,(H,25,27). The maximum absolute atomic E-state index is 13.0. The molecule has 0 radical (unpaired) electrons. The molecular formula is C23H24N2O3. The molecule has 2 aromatic carbocycles. The molecule has 0 bridgehead atoms. The summed E-state index contributed by atoms with van der Waals surface area (Å²) in [5.74, 6) is -0.641. The van der Waals surface area contributed by atoms with Gasteiger partial charge in [0.1, 0.15) is 0 Å². The van der Waals surface area contributed by atoms with Crippen LogP contribution in [0.25, 0.3) is 10.9 Å². The van der Waals surface area contributed by atoms with Crippen molar-refractivity contribution in [3.8, 4) is 0 Å². The summed E-state index contributed by atoms with van der Waals surface area (Å²) in [6, 6.07) is 15.1. The van der Waals surface area contributed by atoms with Gasteiger partial charge < -0.3 is 10.1 Å². The maximum Gasteiger partial charge on any atom is 0.307 e. The van der Waals surface area contributed by atoms with E-state index in [0.717, 1.165) is 27.6 Å². The molecule has 1 atom stereocenters. The van der Waals surface area contributed by atoms with Crippen molar-refractivity contribution in [2.45, 2.75) is 33.2 Å². The van der Waals surface area contributed by atoms with E-state index in [4.69, 9.17) is 4.74 Å². The number of carbonyl (C=O) groups excluding carboxylic acids is 2. The van der Waals surface area contributed by atoms with Crippen LogP contribution in [0.2, 0.25) is 0 Å². The number of esters is 1. The molecule has 5 heteroatoms. The van der Waals surface area contributed by atoms with Crippen LogP contribution in [0.3, 0.4) is 0 Å². The fourth-order valence-corrected chi connectivity index (χ4v) is 3.16. The summed E-state index contributed by atoms with van der Waals surface area (Å²) in [5.41, 5.74) is 5.06. The smallest absolute Gasteiger partial charge is 0.307 e. The Kier molecular flexibility index (Phi) is 5.73. The van der Waals surface area contributed by atoms with E-state index < -0.39 is 6.04 Å². The Morgan fingerprint density at radius 2 is 1.68 bits per heavy atom. The Hall–Kier alpha value is -3.21. The van der Waals surface area contributed by atoms with Gasteiger partial charge >= 0.3 is 5.97 Å². The first-order valence-electron chi connectivity index (χ1n) is 9.19. The summed E-state index contributed by atoms with van der Waals surface area (Å²) in [7, 11) is 1.34. The number of pyridine rings is 1. The Morgan fingerprint density at radius 3 is 2.36 bits per heavy atom. The minimum absolute atomic E-state index is 0.0600. The van der Waals surface area contributed by atoms with Crippen molar-refractivity contribution in [2.24, 2.45) is 0 Å². The van der Waals surface area contributed by atoms with Crippen molar-refractivity contribution >= 4 is 22.8 Å². The number of carbonyl (C=O) groups is 2. The molecule has 3 aromatic rings. The molecule has 0 aliphatic heterocycles. The highest BCUT2D eigenvalue weighted by molar-refractivity contribution is 5.99. The lowest BCUT2D eigenvalue weighted by atomic mass is 10.0. The lowest BCUT2D eigenvalue weighted by Gasteiger charge is -2.19. The van der Waals surface area contributed by atoms with Gasteiger partial charge in [-0.25, -0.2) is 0 Å². The average molecular weight is 376 g/mol. The predicted octanol–water partition coefficient (Wildman–Crippen LogP) is 4.19. The van der Waals surface area contributed by atoms with E-state index in [1.54, 1.807) is 0 Å². The molecule has 5 nitrogen and oxygen atoms in total. The van der Waals surface area contributed by atoms with E-state index in [9.17, 15) is 9.59 Å². The molecule has 0 fully saturated rings. The predicted molar refractivity (Wildman–Crippen MR) is 109 cm³/mol. The highest BCUT2D eigenvalue weighted by Crippen LogP contribution is 2.22. The number of ether oxygens (including phenoxy) is 1. The van der Waals surface area contributed by atoms with Crippen molar-refractivity contribution < 1.29 is 14.3 Å². The van der Waals surface area contributed by atoms with Crippen LogP contribution in [0.15, 0.2) is 48.5 Å². The molecule has 0 spiro atoms. The molecule has 28 heavy (non-hydrogen) atoms. The fourth-order valence-electron chi connectivity index (χ4n) is 3.16. The number of hydrogen-bond donors (Lipinski definition) is 1. The number of amides is 1. The zero-order valence-electron chi connectivity index (χ0n) is 16.6. The first-order chi connectivity index (χ1) is 13.4. The Bertz CT molecular complexity index is 1030. The zero-order valence-corrected chi connectivity index (χ0v) is 16.6. The fraction of sp³-hybridized carbons (Fsp3) is 0.261. The molecule has 0 saturated heterocycles. The molecule has 1 heterocycles. The number of rotatable bonds is 5. The number of nitrogens with one attached hydrogen (secondary N) is 1. The Morgan fingerprint density at radius 1 is 1.00 bits per heavy atom. The third kappa shape index (κ3) is 4.36. The number of benzene rings is 2. The maximum atomic E-state index is 13.0. The molecule has 0 saturated carbocycles. The van der Waals surface area contributed by atoms with Crippen LogP contribution in [0.1, 0.15) is 45.2 Å². The number of aromatic nitrogens is 1. The third-order valence-corrected chi connectivity index (χ3v) is 4.79. The number of nitrogens with zero attached hydrogens (tertiary/aromatic N) is 1. The van der Waals surface area contributed by atoms with Crippen LogP contribution < -0.4 is 5.32 Å². The van der Waals surface area contributed by atoms with E-state index in [1.807, 2.05) is 69.3 Å². The molecule has 1 aromatic heterocycles. The first kappa shape index (κ1) is 19.5. The highest BCUT2D eigenvalue weighted by atomic mass is 16.5. The molecule has 1 amide bonds. The second-order valence-corrected chi connectivity index (χ2v) is 7.03. The van der Waals surface area contributed by atoms with E-state index in [1.165, 1.54) is 7.11 Å². The van der Waals surface area contributed by atoms with Crippen LogP contribution in [0.4, 0.5) is 0 Å². The van der Waals surface area contributed by atoms with E-state index in [-0.39, 0.29) is 18.3 Å². The summed E-state index contributed by atoms with van der Waals surface area (Å²) in [6.07, 6.45) is 0.0600. The number of methoxy groups -OCH3 is 1. The van der Waals surface area contributed by atoms with Gasteiger partial charge in [-0.15, -0.1) is 0 Å². The van der Waals surface area contributed by atoms with Gasteiger partial charge in [-0.2, -0.15) is 0 Å². The quantitative estimate of drug-likeness (QED) is 0.678. The summed E-state index contributed by atoms with van der Waals surface area (Å²) in [5, 5.41) is 3.89. The van der Waals surface area contributed by atoms with Gasteiger partial charge in [-0.3, -0.25) is 14.6 Å². The number of aryl methyl sites for hydroxylation is 3. The van der Waals surface area contributed by atoms with Gasteiger partial charge in [0, 0.05) is 5.39 Å². The summed E-state index contributed by atoms with van der Waals surface area (Å²) in [6.45, 7) is 5.81. The molecule has 0 aliphatic carbocycles. The monoisotopic (exact) mass is 376 g/mol. The topological polar surface area (TPSA) is 68.3 Å². The van der Waals surface area contributed by atoms with Gasteiger partial charge in [-0.1, -0.05) is 41.5 Å². The van der Waals surface area contributed by atoms with Crippen molar-refractivity contribution in [3.05, 3.63) is 76.5 Å². The third-order valence-electron chi connectivity index (χ3n) is 4.79. The van der Waals surface area contributed by atoms with E-state index >= 15 is 0 Å². The van der Waals surface area contributed by atoms with Crippen molar-refractivity contribution in [3.63, 3.8) is 0 Å². The van der Waals surface area contributed by atoms with Crippen LogP contribution >= 0.6 is 0 Å². The highest BCUT2D eigenvalue weighted by Gasteiger charge is 2.21. The van der Waals surface area contributed by atoms with Gasteiger partial charge in [0.2, 0.25) is 0 Å². The van der Waals surface area contributed by atoms with Crippen molar-refractivity contribution in [2.75, 3.05) is 7.11 Å². The lowest BCUT2D eigenvalue weighted by molar-refractivity contribution is -0.141. The van der Waals surface area contributed by atoms with Gasteiger partial charge in [0.05, 0.1) is 36.3 Å². The Balaban J connectivity index is 1.92. The van der Waals surface area contributed by atoms with Crippen molar-refractivity contribution in [1.82, 2.24) is 10.3 Å². The van der Waals surface area contributed by atoms with Gasteiger partial charge in [-0.05, 0) is 44.5 Å². The molecule has 0 aliphatic rings. The minimum atomic E-state index is -0.479. The second-order valence-electron chi connectivity index (χ2n) is 7.03. The lowest BCUT2D eigenvalue weighted by Crippen LogP contribution is -2.31. The van der Waals surface area contributed by atoms with Crippen molar-refractivity contribution in [1.29, 1.82) is 0 Å². The molecule has 3 rings (SSSR count). The first-order valence-corrected chi connectivity index (χ1v) is 9.19. The van der Waals surface area contributed by atoms with Gasteiger partial charge in [0.15, 0.2) is 0 Å². The van der Waals surface area contributed by atoms with E-state index in [0.29, 0.717) is 11.3 Å². The summed E-state index contributed by atoms with van der Waals surface area (Å²) in [4.78, 5) is 29.4. The van der Waals surface area contributed by atoms with Crippen LogP contribution in [-0.4, -0.2) is 24.0 Å². The number of fused-ring (bicyclic) bond motifs is 1. The average Bonchev–Trinajstić information content (AvgIpc) is 2.67. The van der Waals surface area contributed by atoms with Gasteiger partial charge in [0.25, 0.3) is 5.91 Å². The Labute approximate surface area is 164 Å². The largest absolute Gasteiger partial charge is 0.469 e. The summed E-state index contributed by atoms with van der Waals surface area (Å²) < 4.78 is 4.81. The molecule has 144 valence electrons. The van der Waals surface area contributed by atoms with Crippen LogP contribution in [-0.2, 0) is 9.53 Å². The minimum Gasteiger partial charge on any atom is -0.469 e. The SMILES string of the molecule is COC(=O)CC(NC(=O)c1cc2cc(C)ccc2nc1C)c1ccc(C)cc1.